The van der Waals surface area contributed by atoms with Crippen LogP contribution in [0.5, 0.6) is 0 Å². The quantitative estimate of drug-likeness (QED) is 0.444. The van der Waals surface area contributed by atoms with E-state index in [1.54, 1.807) is 0 Å². The Hall–Kier alpha value is 0.202. The zero-order valence-corrected chi connectivity index (χ0v) is 10.4. The molecule has 0 bridgehead atoms. The molecule has 1 atom stereocenters. The predicted molar refractivity (Wildman–Crippen MR) is 54.3 cm³/mol. The molecule has 0 aliphatic heterocycles. The third-order valence-electron chi connectivity index (χ3n) is 1.62. The van der Waals surface area contributed by atoms with E-state index in [4.69, 9.17) is 0 Å². The van der Waals surface area contributed by atoms with Gasteiger partial charge in [-0.2, -0.15) is 22.0 Å². The van der Waals surface area contributed by atoms with Crippen LogP contribution in [0.15, 0.2) is 23.9 Å². The zero-order chi connectivity index (χ0) is 7.40. The summed E-state index contributed by atoms with van der Waals surface area (Å²) >= 11 is 0. The minimum absolute atomic E-state index is 0. The Labute approximate surface area is 91.5 Å². The summed E-state index contributed by atoms with van der Waals surface area (Å²) in [6, 6.07) is 1.26. The molecule has 0 saturated carbocycles. The Bertz CT molecular complexity index is 168. The molecule has 2 N–H and O–H groups in total. The molecule has 0 aromatic carbocycles. The van der Waals surface area contributed by atoms with Gasteiger partial charge in [0.25, 0.3) is 0 Å². The summed E-state index contributed by atoms with van der Waals surface area (Å²) in [6.45, 7) is 0. The van der Waals surface area contributed by atoms with Crippen molar-refractivity contribution in [1.29, 1.82) is 0 Å². The molecule has 0 heterocycles. The summed E-state index contributed by atoms with van der Waals surface area (Å²) in [7, 11) is 3.87. The second-order valence-corrected chi connectivity index (χ2v) is 2.22. The Morgan fingerprint density at radius 2 is 2.08 bits per heavy atom. The van der Waals surface area contributed by atoms with Crippen LogP contribution in [0.4, 0.5) is 0 Å². The third kappa shape index (κ3) is 4.28. The number of likely N-dealkylation sites (N-methyl/N-ethyl adjacent to an activating group) is 2. The summed E-state index contributed by atoms with van der Waals surface area (Å²) in [5, 5.41) is 6.19. The summed E-state index contributed by atoms with van der Waals surface area (Å²) in [5.74, 6) is 0. The van der Waals surface area contributed by atoms with Gasteiger partial charge in [-0.25, -0.2) is 6.08 Å². The van der Waals surface area contributed by atoms with Crippen LogP contribution in [0.25, 0.3) is 0 Å². The number of allylic oxidation sites excluding steroid dienone is 1. The van der Waals surface area contributed by atoms with E-state index in [1.165, 1.54) is 11.7 Å². The Morgan fingerprint density at radius 1 is 1.42 bits per heavy atom. The molecule has 0 aromatic rings. The number of rotatable bonds is 2. The molecule has 0 saturated heterocycles. The molecule has 1 aliphatic rings. The average Bonchev–Trinajstić information content (AvgIpc) is 2.05. The Kier molecular flexibility index (Phi) is 9.60. The van der Waals surface area contributed by atoms with E-state index in [0.717, 1.165) is 6.42 Å². The molecular weight excluding hydrogens is 261 g/mol. The average molecular weight is 278 g/mol. The first-order chi connectivity index (χ1) is 4.86. The van der Waals surface area contributed by atoms with Gasteiger partial charge in [0.15, 0.2) is 0 Å². The second-order valence-electron chi connectivity index (χ2n) is 2.22. The minimum atomic E-state index is 0. The number of nitrogens with one attached hydrogen (secondary N) is 2. The van der Waals surface area contributed by atoms with Crippen molar-refractivity contribution in [2.75, 3.05) is 14.1 Å². The maximum Gasteiger partial charge on any atom is 0.00185 e. The van der Waals surface area contributed by atoms with Crippen molar-refractivity contribution in [3.8, 4) is 0 Å². The van der Waals surface area contributed by atoms with E-state index in [9.17, 15) is 0 Å². The fourth-order valence-electron chi connectivity index (χ4n) is 0.917. The Morgan fingerprint density at radius 3 is 2.42 bits per heavy atom. The van der Waals surface area contributed by atoms with Crippen molar-refractivity contribution >= 4 is 9.90 Å². The molecule has 0 radical (unpaired) electrons. The van der Waals surface area contributed by atoms with Gasteiger partial charge in [-0.15, -0.1) is 0 Å². The fraction of sp³-hybridized carbons (Fsp3) is 0.375. The molecule has 0 amide bonds. The van der Waals surface area contributed by atoms with Crippen LogP contribution in [0.3, 0.4) is 0 Å². The van der Waals surface area contributed by atoms with Crippen molar-refractivity contribution in [3.05, 3.63) is 30.0 Å². The molecule has 0 spiro atoms. The van der Waals surface area contributed by atoms with Crippen LogP contribution >= 0.6 is 9.90 Å². The normalized spacial score (nSPS) is 14.2. The van der Waals surface area contributed by atoms with Crippen LogP contribution in [-0.4, -0.2) is 14.1 Å². The summed E-state index contributed by atoms with van der Waals surface area (Å²) in [6.07, 6.45) is 7.32. The molecule has 74 valence electrons. The molecule has 0 fully saturated rings. The van der Waals surface area contributed by atoms with E-state index in [-0.39, 0.29) is 30.3 Å². The first-order valence-corrected chi connectivity index (χ1v) is 3.46. The van der Waals surface area contributed by atoms with E-state index in [0.29, 0.717) is 0 Å². The van der Waals surface area contributed by atoms with Gasteiger partial charge in [0.2, 0.25) is 0 Å². The smallest absolute Gasteiger partial charge is 0.00185 e. The predicted octanol–water partition coefficient (Wildman–Crippen LogP) is 0.857. The first kappa shape index (κ1) is 14.7. The van der Waals surface area contributed by atoms with Crippen molar-refractivity contribution in [2.24, 2.45) is 0 Å². The van der Waals surface area contributed by atoms with Crippen LogP contribution in [0, 0.1) is 6.04 Å². The maximum atomic E-state index is 3.11. The molecular formula is C8H16N2PPd-. The van der Waals surface area contributed by atoms with Gasteiger partial charge in [-0.3, -0.25) is 0 Å². The largest absolute Gasteiger partial charge is 0.403 e. The van der Waals surface area contributed by atoms with Gasteiger partial charge in [0, 0.05) is 27.5 Å². The molecule has 12 heavy (non-hydrogen) atoms. The monoisotopic (exact) mass is 277 g/mol. The van der Waals surface area contributed by atoms with Crippen LogP contribution in [0.2, 0.25) is 0 Å². The van der Waals surface area contributed by atoms with Crippen molar-refractivity contribution in [1.82, 2.24) is 10.6 Å². The molecule has 2 nitrogen and oxygen atoms in total. The number of hydrogen-bond acceptors (Lipinski definition) is 2. The zero-order valence-electron chi connectivity index (χ0n) is 7.46. The summed E-state index contributed by atoms with van der Waals surface area (Å²) in [5.41, 5.74) is 1.19. The summed E-state index contributed by atoms with van der Waals surface area (Å²) < 4.78 is 0. The van der Waals surface area contributed by atoms with Gasteiger partial charge in [-0.05, 0) is 7.05 Å². The van der Waals surface area contributed by atoms with Gasteiger partial charge in [-0.1, -0.05) is 18.2 Å². The van der Waals surface area contributed by atoms with Crippen molar-refractivity contribution in [3.63, 3.8) is 0 Å². The van der Waals surface area contributed by atoms with Crippen LogP contribution in [0.1, 0.15) is 6.42 Å². The molecule has 1 aliphatic carbocycles. The van der Waals surface area contributed by atoms with E-state index < -0.39 is 0 Å². The van der Waals surface area contributed by atoms with Gasteiger partial charge in [0.1, 0.15) is 0 Å². The summed E-state index contributed by atoms with van der Waals surface area (Å²) in [4.78, 5) is 0. The Balaban J connectivity index is 0. The number of hydrogen-bond donors (Lipinski definition) is 2. The van der Waals surface area contributed by atoms with Crippen LogP contribution in [-0.2, 0) is 20.4 Å². The van der Waals surface area contributed by atoms with Crippen LogP contribution < -0.4 is 10.6 Å². The van der Waals surface area contributed by atoms with Gasteiger partial charge >= 0.3 is 0 Å². The molecule has 1 rings (SSSR count). The first-order valence-electron chi connectivity index (χ1n) is 3.46. The van der Waals surface area contributed by atoms with Gasteiger partial charge < -0.3 is 10.6 Å². The molecule has 4 heteroatoms. The van der Waals surface area contributed by atoms with Crippen molar-refractivity contribution in [2.45, 2.75) is 6.42 Å². The van der Waals surface area contributed by atoms with E-state index in [1.807, 2.05) is 14.1 Å². The molecule has 1 unspecified atom stereocenters. The topological polar surface area (TPSA) is 24.1 Å². The van der Waals surface area contributed by atoms with Gasteiger partial charge in [0.05, 0.1) is 0 Å². The standard InChI is InChI=1S/C8H13N2.H3P.Pd/c1-9-7-3-5-8(10-2)6-4-7;;/h3-5,9-10H,6H2,1-2H3;1H3;/q-1;;. The fourth-order valence-corrected chi connectivity index (χ4v) is 0.917. The minimum Gasteiger partial charge on any atom is -0.403 e. The SMILES string of the molecule is CNC1=CC[C-](NC)C=C1.P.[Pd]. The third-order valence-corrected chi connectivity index (χ3v) is 1.62. The van der Waals surface area contributed by atoms with Crippen molar-refractivity contribution < 1.29 is 20.4 Å². The molecule has 0 aromatic heterocycles. The van der Waals surface area contributed by atoms with E-state index in [2.05, 4.69) is 28.9 Å². The van der Waals surface area contributed by atoms with E-state index >= 15 is 0 Å². The maximum absolute atomic E-state index is 3.11. The second kappa shape index (κ2) is 7.83.